The summed E-state index contributed by atoms with van der Waals surface area (Å²) in [5, 5.41) is 11.6. The molecule has 0 aromatic heterocycles. The third-order valence-electron chi connectivity index (χ3n) is 3.09. The molecule has 1 aromatic rings. The molecule has 0 aliphatic carbocycles. The third kappa shape index (κ3) is 4.66. The standard InChI is InChI=1S/C15H21NO4/c1-10-9-12(6-7-13(10)20-3)15(19)11(2)16-8-4-5-14(17)18/h6-7,9,11,16H,4-5,8H2,1-3H3,(H,17,18). The van der Waals surface area contributed by atoms with Crippen molar-refractivity contribution in [2.24, 2.45) is 0 Å². The van der Waals surface area contributed by atoms with Gasteiger partial charge < -0.3 is 15.2 Å². The first-order valence-corrected chi connectivity index (χ1v) is 6.59. The maximum Gasteiger partial charge on any atom is 0.303 e. The first kappa shape index (κ1) is 16.2. The van der Waals surface area contributed by atoms with Crippen LogP contribution < -0.4 is 10.1 Å². The van der Waals surface area contributed by atoms with Crippen molar-refractivity contribution in [3.8, 4) is 5.75 Å². The highest BCUT2D eigenvalue weighted by Gasteiger charge is 2.15. The van der Waals surface area contributed by atoms with Crippen LogP contribution >= 0.6 is 0 Å². The summed E-state index contributed by atoms with van der Waals surface area (Å²) in [7, 11) is 1.59. The Morgan fingerprint density at radius 2 is 2.10 bits per heavy atom. The van der Waals surface area contributed by atoms with E-state index < -0.39 is 5.97 Å². The molecule has 0 saturated carbocycles. The van der Waals surface area contributed by atoms with Gasteiger partial charge >= 0.3 is 5.97 Å². The van der Waals surface area contributed by atoms with Crippen molar-refractivity contribution < 1.29 is 19.4 Å². The van der Waals surface area contributed by atoms with Crippen LogP contribution in [0.3, 0.4) is 0 Å². The molecule has 1 unspecified atom stereocenters. The summed E-state index contributed by atoms with van der Waals surface area (Å²) in [5.74, 6) is -0.0775. The fraction of sp³-hybridized carbons (Fsp3) is 0.467. The molecule has 5 nitrogen and oxygen atoms in total. The van der Waals surface area contributed by atoms with Gasteiger partial charge in [0.05, 0.1) is 13.2 Å². The zero-order valence-electron chi connectivity index (χ0n) is 12.1. The van der Waals surface area contributed by atoms with Gasteiger partial charge in [-0.15, -0.1) is 0 Å². The highest BCUT2D eigenvalue weighted by atomic mass is 16.5. The molecule has 0 aliphatic rings. The lowest BCUT2D eigenvalue weighted by Crippen LogP contribution is -2.34. The molecular formula is C15H21NO4. The van der Waals surface area contributed by atoms with E-state index >= 15 is 0 Å². The predicted molar refractivity (Wildman–Crippen MR) is 76.4 cm³/mol. The van der Waals surface area contributed by atoms with E-state index in [9.17, 15) is 9.59 Å². The molecule has 0 spiro atoms. The zero-order chi connectivity index (χ0) is 15.1. The molecule has 0 aliphatic heterocycles. The van der Waals surface area contributed by atoms with Crippen LogP contribution in [0.15, 0.2) is 18.2 Å². The number of rotatable bonds is 8. The maximum atomic E-state index is 12.2. The van der Waals surface area contributed by atoms with E-state index in [1.165, 1.54) is 0 Å². The first-order chi connectivity index (χ1) is 9.45. The number of ketones is 1. The van der Waals surface area contributed by atoms with Gasteiger partial charge in [-0.25, -0.2) is 0 Å². The number of carboxylic acids is 1. The van der Waals surface area contributed by atoms with Crippen LogP contribution in [0.4, 0.5) is 0 Å². The van der Waals surface area contributed by atoms with Crippen molar-refractivity contribution in [1.82, 2.24) is 5.32 Å². The highest BCUT2D eigenvalue weighted by molar-refractivity contribution is 6.00. The van der Waals surface area contributed by atoms with Crippen LogP contribution in [0.25, 0.3) is 0 Å². The van der Waals surface area contributed by atoms with E-state index in [2.05, 4.69) is 5.32 Å². The number of carbonyl (C=O) groups excluding carboxylic acids is 1. The van der Waals surface area contributed by atoms with Crippen molar-refractivity contribution in [3.63, 3.8) is 0 Å². The normalized spacial score (nSPS) is 11.9. The Morgan fingerprint density at radius 1 is 1.40 bits per heavy atom. The molecule has 0 bridgehead atoms. The van der Waals surface area contributed by atoms with Gasteiger partial charge in [-0.05, 0) is 50.6 Å². The summed E-state index contributed by atoms with van der Waals surface area (Å²) >= 11 is 0. The van der Waals surface area contributed by atoms with Crippen molar-refractivity contribution in [2.45, 2.75) is 32.7 Å². The Labute approximate surface area is 118 Å². The van der Waals surface area contributed by atoms with Crippen LogP contribution in [-0.4, -0.2) is 36.6 Å². The molecule has 1 aromatic carbocycles. The SMILES string of the molecule is COc1ccc(C(=O)C(C)NCCCC(=O)O)cc1C. The van der Waals surface area contributed by atoms with Crippen LogP contribution in [0.2, 0.25) is 0 Å². The average Bonchev–Trinajstić information content (AvgIpc) is 2.42. The van der Waals surface area contributed by atoms with Crippen LogP contribution in [0.1, 0.15) is 35.7 Å². The van der Waals surface area contributed by atoms with Gasteiger partial charge in [-0.3, -0.25) is 9.59 Å². The lowest BCUT2D eigenvalue weighted by atomic mass is 10.0. The number of aryl methyl sites for hydroxylation is 1. The minimum atomic E-state index is -0.823. The van der Waals surface area contributed by atoms with Crippen LogP contribution in [0.5, 0.6) is 5.75 Å². The number of Topliss-reactive ketones (excluding diaryl/α,β-unsaturated/α-hetero) is 1. The number of benzene rings is 1. The number of ether oxygens (including phenoxy) is 1. The minimum Gasteiger partial charge on any atom is -0.496 e. The summed E-state index contributed by atoms with van der Waals surface area (Å²) in [6, 6.07) is 4.98. The summed E-state index contributed by atoms with van der Waals surface area (Å²) in [6.45, 7) is 4.18. The number of methoxy groups -OCH3 is 1. The highest BCUT2D eigenvalue weighted by Crippen LogP contribution is 2.19. The fourth-order valence-electron chi connectivity index (χ4n) is 1.93. The van der Waals surface area contributed by atoms with Crippen molar-refractivity contribution >= 4 is 11.8 Å². The van der Waals surface area contributed by atoms with E-state index in [4.69, 9.17) is 9.84 Å². The number of nitrogens with one attached hydrogen (secondary N) is 1. The van der Waals surface area contributed by atoms with Gasteiger partial charge in [-0.1, -0.05) is 0 Å². The largest absolute Gasteiger partial charge is 0.496 e. The van der Waals surface area contributed by atoms with E-state index in [1.54, 1.807) is 32.2 Å². The molecule has 20 heavy (non-hydrogen) atoms. The van der Waals surface area contributed by atoms with Gasteiger partial charge in [-0.2, -0.15) is 0 Å². The van der Waals surface area contributed by atoms with Gasteiger partial charge in [0.1, 0.15) is 5.75 Å². The Hall–Kier alpha value is -1.88. The molecule has 0 fully saturated rings. The lowest BCUT2D eigenvalue weighted by molar-refractivity contribution is -0.137. The topological polar surface area (TPSA) is 75.6 Å². The van der Waals surface area contributed by atoms with E-state index in [0.29, 0.717) is 18.5 Å². The third-order valence-corrected chi connectivity index (χ3v) is 3.09. The quantitative estimate of drug-likeness (QED) is 0.562. The number of carbonyl (C=O) groups is 2. The number of carboxylic acid groups (broad SMARTS) is 1. The Kier molecular flexibility index (Phi) is 6.18. The molecule has 0 saturated heterocycles. The summed E-state index contributed by atoms with van der Waals surface area (Å²) in [4.78, 5) is 22.6. The number of hydrogen-bond acceptors (Lipinski definition) is 4. The van der Waals surface area contributed by atoms with Gasteiger partial charge in [0, 0.05) is 12.0 Å². The summed E-state index contributed by atoms with van der Waals surface area (Å²) in [5.41, 5.74) is 1.54. The lowest BCUT2D eigenvalue weighted by Gasteiger charge is -2.13. The average molecular weight is 279 g/mol. The summed E-state index contributed by atoms with van der Waals surface area (Å²) < 4.78 is 5.16. The van der Waals surface area contributed by atoms with Gasteiger partial charge in [0.2, 0.25) is 0 Å². The summed E-state index contributed by atoms with van der Waals surface area (Å²) in [6.07, 6.45) is 0.615. The Balaban J connectivity index is 2.56. The predicted octanol–water partition coefficient (Wildman–Crippen LogP) is 2.03. The molecule has 0 heterocycles. The van der Waals surface area contributed by atoms with Crippen molar-refractivity contribution in [1.29, 1.82) is 0 Å². The molecule has 1 atom stereocenters. The van der Waals surface area contributed by atoms with Crippen LogP contribution in [-0.2, 0) is 4.79 Å². The molecule has 5 heteroatoms. The second-order valence-corrected chi connectivity index (χ2v) is 4.72. The first-order valence-electron chi connectivity index (χ1n) is 6.59. The smallest absolute Gasteiger partial charge is 0.303 e. The molecule has 0 amide bonds. The molecule has 110 valence electrons. The number of hydrogen-bond donors (Lipinski definition) is 2. The Morgan fingerprint density at radius 3 is 2.65 bits per heavy atom. The second kappa shape index (κ2) is 7.65. The molecule has 0 radical (unpaired) electrons. The van der Waals surface area contributed by atoms with Crippen molar-refractivity contribution in [2.75, 3.05) is 13.7 Å². The molecule has 2 N–H and O–H groups in total. The van der Waals surface area contributed by atoms with E-state index in [1.807, 2.05) is 6.92 Å². The van der Waals surface area contributed by atoms with E-state index in [-0.39, 0.29) is 18.2 Å². The molecule has 1 rings (SSSR count). The van der Waals surface area contributed by atoms with E-state index in [0.717, 1.165) is 11.3 Å². The fourth-order valence-corrected chi connectivity index (χ4v) is 1.93. The van der Waals surface area contributed by atoms with Crippen LogP contribution in [0, 0.1) is 6.92 Å². The monoisotopic (exact) mass is 279 g/mol. The zero-order valence-corrected chi connectivity index (χ0v) is 12.1. The second-order valence-electron chi connectivity index (χ2n) is 4.72. The number of aliphatic carboxylic acids is 1. The van der Waals surface area contributed by atoms with Gasteiger partial charge in [0.25, 0.3) is 0 Å². The maximum absolute atomic E-state index is 12.2. The Bertz CT molecular complexity index is 485. The van der Waals surface area contributed by atoms with Gasteiger partial charge in [0.15, 0.2) is 5.78 Å². The minimum absolute atomic E-state index is 0.00826. The van der Waals surface area contributed by atoms with Crippen molar-refractivity contribution in [3.05, 3.63) is 29.3 Å². The molecular weight excluding hydrogens is 258 g/mol.